The minimum atomic E-state index is 0. The highest BCUT2D eigenvalue weighted by atomic mass is 127. The number of rotatable bonds is 11. The zero-order valence-electron chi connectivity index (χ0n) is 15.4. The van der Waals surface area contributed by atoms with E-state index in [4.69, 9.17) is 9.15 Å². The van der Waals surface area contributed by atoms with Crippen LogP contribution in [0.25, 0.3) is 0 Å². The van der Waals surface area contributed by atoms with Gasteiger partial charge in [0.2, 0.25) is 0 Å². The third-order valence-electron chi connectivity index (χ3n) is 3.71. The van der Waals surface area contributed by atoms with Gasteiger partial charge in [0.05, 0.1) is 6.26 Å². The molecule has 0 fully saturated rings. The van der Waals surface area contributed by atoms with E-state index in [1.165, 1.54) is 5.56 Å². The highest BCUT2D eigenvalue weighted by Gasteiger charge is 2.01. The summed E-state index contributed by atoms with van der Waals surface area (Å²) in [6.45, 7) is 5.91. The molecule has 0 amide bonds. The molecule has 1 aromatic heterocycles. The van der Waals surface area contributed by atoms with Crippen molar-refractivity contribution in [3.05, 3.63) is 60.1 Å². The molecule has 1 heterocycles. The summed E-state index contributed by atoms with van der Waals surface area (Å²) in [5.74, 6) is 1.83. The van der Waals surface area contributed by atoms with Crippen LogP contribution in [0.5, 0.6) is 0 Å². The van der Waals surface area contributed by atoms with Gasteiger partial charge >= 0.3 is 0 Å². The van der Waals surface area contributed by atoms with E-state index < -0.39 is 0 Å². The number of ether oxygens (including phenoxy) is 1. The molecular weight excluding hydrogens is 441 g/mol. The van der Waals surface area contributed by atoms with Gasteiger partial charge in [0.1, 0.15) is 5.76 Å². The molecule has 6 heteroatoms. The minimum absolute atomic E-state index is 0. The number of nitrogens with one attached hydrogen (secondary N) is 2. The monoisotopic (exact) mass is 471 g/mol. The van der Waals surface area contributed by atoms with E-state index in [1.807, 2.05) is 25.1 Å². The van der Waals surface area contributed by atoms with Crippen molar-refractivity contribution in [2.45, 2.75) is 26.2 Å². The second-order valence-electron chi connectivity index (χ2n) is 5.70. The molecule has 144 valence electrons. The minimum Gasteiger partial charge on any atom is -0.469 e. The van der Waals surface area contributed by atoms with E-state index in [-0.39, 0.29) is 24.0 Å². The molecule has 0 bridgehead atoms. The van der Waals surface area contributed by atoms with E-state index in [1.54, 1.807) is 6.26 Å². The number of hydrogen-bond donors (Lipinski definition) is 2. The van der Waals surface area contributed by atoms with Crippen LogP contribution < -0.4 is 10.6 Å². The van der Waals surface area contributed by atoms with Crippen molar-refractivity contribution in [3.63, 3.8) is 0 Å². The summed E-state index contributed by atoms with van der Waals surface area (Å²) >= 11 is 0. The smallest absolute Gasteiger partial charge is 0.191 e. The summed E-state index contributed by atoms with van der Waals surface area (Å²) in [7, 11) is 0. The van der Waals surface area contributed by atoms with E-state index in [9.17, 15) is 0 Å². The van der Waals surface area contributed by atoms with Crippen LogP contribution in [0.15, 0.2) is 58.1 Å². The molecule has 0 aliphatic rings. The maximum Gasteiger partial charge on any atom is 0.191 e. The van der Waals surface area contributed by atoms with Crippen LogP contribution in [-0.4, -0.2) is 38.8 Å². The second kappa shape index (κ2) is 14.6. The highest BCUT2D eigenvalue weighted by Crippen LogP contribution is 2.00. The second-order valence-corrected chi connectivity index (χ2v) is 5.70. The van der Waals surface area contributed by atoms with Crippen LogP contribution in [-0.2, 0) is 17.6 Å². The Morgan fingerprint density at radius 2 is 1.81 bits per heavy atom. The quantitative estimate of drug-likeness (QED) is 0.228. The predicted molar refractivity (Wildman–Crippen MR) is 117 cm³/mol. The summed E-state index contributed by atoms with van der Waals surface area (Å²) < 4.78 is 10.7. The van der Waals surface area contributed by atoms with E-state index in [0.717, 1.165) is 63.8 Å². The Labute approximate surface area is 173 Å². The topological polar surface area (TPSA) is 58.8 Å². The average Bonchev–Trinajstić information content (AvgIpc) is 3.15. The molecule has 2 rings (SSSR count). The molecule has 0 saturated carbocycles. The lowest BCUT2D eigenvalue weighted by Gasteiger charge is -2.12. The molecular formula is C20H30IN3O2. The summed E-state index contributed by atoms with van der Waals surface area (Å²) in [5.41, 5.74) is 1.32. The number of hydrogen-bond acceptors (Lipinski definition) is 3. The Morgan fingerprint density at radius 1 is 1.04 bits per heavy atom. The third kappa shape index (κ3) is 9.82. The molecule has 0 aliphatic carbocycles. The van der Waals surface area contributed by atoms with Crippen molar-refractivity contribution in [1.82, 2.24) is 10.6 Å². The van der Waals surface area contributed by atoms with Gasteiger partial charge in [-0.1, -0.05) is 30.3 Å². The van der Waals surface area contributed by atoms with E-state index in [0.29, 0.717) is 0 Å². The third-order valence-corrected chi connectivity index (χ3v) is 3.71. The zero-order chi connectivity index (χ0) is 17.6. The van der Waals surface area contributed by atoms with Gasteiger partial charge in [0.15, 0.2) is 5.96 Å². The van der Waals surface area contributed by atoms with E-state index in [2.05, 4.69) is 39.9 Å². The Morgan fingerprint density at radius 3 is 2.50 bits per heavy atom. The first-order valence-corrected chi connectivity index (χ1v) is 9.04. The highest BCUT2D eigenvalue weighted by molar-refractivity contribution is 14.0. The standard InChI is InChI=1S/C20H29N3O2.HI/c1-2-24-16-7-13-21-20(23-15-12-19-10-6-17-25-19)22-14-11-18-8-4-3-5-9-18;/h3-6,8-10,17H,2,7,11-16H2,1H3,(H2,21,22,23);1H. The fraction of sp³-hybridized carbons (Fsp3) is 0.450. The predicted octanol–water partition coefficient (Wildman–Crippen LogP) is 3.64. The largest absolute Gasteiger partial charge is 0.469 e. The molecule has 26 heavy (non-hydrogen) atoms. The van der Waals surface area contributed by atoms with Crippen LogP contribution in [0.2, 0.25) is 0 Å². The first-order valence-electron chi connectivity index (χ1n) is 9.04. The molecule has 5 nitrogen and oxygen atoms in total. The number of halogens is 1. The van der Waals surface area contributed by atoms with Crippen LogP contribution >= 0.6 is 24.0 Å². The van der Waals surface area contributed by atoms with Gasteiger partial charge in [0.25, 0.3) is 0 Å². The summed E-state index contributed by atoms with van der Waals surface area (Å²) in [6, 6.07) is 14.4. The fourth-order valence-corrected chi connectivity index (χ4v) is 2.40. The molecule has 0 atom stereocenters. The Balaban J connectivity index is 0.00000338. The summed E-state index contributed by atoms with van der Waals surface area (Å²) in [6.07, 6.45) is 4.44. The molecule has 2 N–H and O–H groups in total. The Bertz CT molecular complexity index is 588. The van der Waals surface area contributed by atoms with Crippen LogP contribution in [0.1, 0.15) is 24.7 Å². The van der Waals surface area contributed by atoms with Gasteiger partial charge in [-0.25, -0.2) is 0 Å². The van der Waals surface area contributed by atoms with Crippen LogP contribution in [0.4, 0.5) is 0 Å². The van der Waals surface area contributed by atoms with E-state index >= 15 is 0 Å². The fourth-order valence-electron chi connectivity index (χ4n) is 2.40. The zero-order valence-corrected chi connectivity index (χ0v) is 17.8. The van der Waals surface area contributed by atoms with Crippen molar-refractivity contribution in [3.8, 4) is 0 Å². The molecule has 0 radical (unpaired) electrons. The van der Waals surface area contributed by atoms with Crippen molar-refractivity contribution in [2.75, 3.05) is 32.8 Å². The SMILES string of the molecule is CCOCCCN=C(NCCc1ccccc1)NCCc1ccco1.I. The van der Waals surface area contributed by atoms with Crippen molar-refractivity contribution in [1.29, 1.82) is 0 Å². The van der Waals surface area contributed by atoms with Gasteiger partial charge < -0.3 is 19.8 Å². The molecule has 0 spiro atoms. The maximum atomic E-state index is 5.36. The van der Waals surface area contributed by atoms with Gasteiger partial charge in [0, 0.05) is 39.3 Å². The van der Waals surface area contributed by atoms with Crippen LogP contribution in [0.3, 0.4) is 0 Å². The van der Waals surface area contributed by atoms with Crippen molar-refractivity contribution < 1.29 is 9.15 Å². The number of guanidine groups is 1. The maximum absolute atomic E-state index is 5.36. The molecule has 2 aromatic rings. The lowest BCUT2D eigenvalue weighted by Crippen LogP contribution is -2.39. The van der Waals surface area contributed by atoms with Gasteiger partial charge in [-0.2, -0.15) is 0 Å². The van der Waals surface area contributed by atoms with Crippen molar-refractivity contribution in [2.24, 2.45) is 4.99 Å². The van der Waals surface area contributed by atoms with Gasteiger partial charge in [-0.05, 0) is 37.5 Å². The van der Waals surface area contributed by atoms with Gasteiger partial charge in [-0.15, -0.1) is 24.0 Å². The lowest BCUT2D eigenvalue weighted by molar-refractivity contribution is 0.146. The average molecular weight is 471 g/mol. The Hall–Kier alpha value is -1.54. The molecule has 1 aromatic carbocycles. The van der Waals surface area contributed by atoms with Crippen LogP contribution in [0, 0.1) is 0 Å². The molecule has 0 unspecified atom stereocenters. The first-order chi connectivity index (χ1) is 12.4. The number of benzene rings is 1. The first kappa shape index (κ1) is 22.5. The molecule has 0 aliphatic heterocycles. The lowest BCUT2D eigenvalue weighted by atomic mass is 10.1. The number of furan rings is 1. The summed E-state index contributed by atoms with van der Waals surface area (Å²) in [4.78, 5) is 4.63. The Kier molecular flexibility index (Phi) is 12.6. The number of nitrogens with zero attached hydrogens (tertiary/aromatic N) is 1. The number of aliphatic imine (C=N–C) groups is 1. The van der Waals surface area contributed by atoms with Gasteiger partial charge in [-0.3, -0.25) is 4.99 Å². The molecule has 0 saturated heterocycles. The summed E-state index contributed by atoms with van der Waals surface area (Å²) in [5, 5.41) is 6.78. The van der Waals surface area contributed by atoms with Crippen molar-refractivity contribution >= 4 is 29.9 Å². The normalized spacial score (nSPS) is 11.0.